The molecule has 322 valence electrons. The molecule has 66 heavy (non-hydrogen) atoms. The Morgan fingerprint density at radius 1 is 0.364 bits per heavy atom. The van der Waals surface area contributed by atoms with Crippen LogP contribution < -0.4 is 0 Å². The van der Waals surface area contributed by atoms with Gasteiger partial charge in [0, 0.05) is 10.8 Å². The van der Waals surface area contributed by atoms with E-state index in [2.05, 4.69) is 232 Å². The highest BCUT2D eigenvalue weighted by molar-refractivity contribution is 6.24. The maximum Gasteiger partial charge on any atom is 0.0158 e. The second kappa shape index (κ2) is 14.4. The van der Waals surface area contributed by atoms with Gasteiger partial charge in [0.05, 0.1) is 0 Å². The minimum absolute atomic E-state index is 0.00349. The Morgan fingerprint density at radius 2 is 0.727 bits per heavy atom. The lowest BCUT2D eigenvalue weighted by Gasteiger charge is -2.23. The molecule has 2 aliphatic carbocycles. The number of rotatable bonds is 6. The Kier molecular flexibility index (Phi) is 8.87. The average molecular weight is 851 g/mol. The summed E-state index contributed by atoms with van der Waals surface area (Å²) in [5, 5.41) is 7.86. The predicted molar refractivity (Wildman–Crippen MR) is 284 cm³/mol. The van der Waals surface area contributed by atoms with Crippen molar-refractivity contribution >= 4 is 32.3 Å². The molecule has 0 fully saturated rings. The van der Waals surface area contributed by atoms with E-state index in [9.17, 15) is 0 Å². The molecule has 0 atom stereocenters. The van der Waals surface area contributed by atoms with Crippen molar-refractivity contribution in [3.8, 4) is 66.8 Å². The highest BCUT2D eigenvalue weighted by atomic mass is 14.4. The Bertz CT molecular complexity index is 3550. The molecule has 0 aliphatic heterocycles. The van der Waals surface area contributed by atoms with Crippen LogP contribution >= 0.6 is 0 Å². The molecule has 12 rings (SSSR count). The van der Waals surface area contributed by atoms with Crippen LogP contribution in [0.25, 0.3) is 99.1 Å². The van der Waals surface area contributed by atoms with Crippen LogP contribution in [0.4, 0.5) is 0 Å². The lowest BCUT2D eigenvalue weighted by atomic mass is 9.81. The summed E-state index contributed by atoms with van der Waals surface area (Å²) >= 11 is 0. The van der Waals surface area contributed by atoms with Gasteiger partial charge in [0.15, 0.2) is 0 Å². The maximum atomic E-state index is 2.45. The highest BCUT2D eigenvalue weighted by Gasteiger charge is 2.36. The van der Waals surface area contributed by atoms with Crippen molar-refractivity contribution in [2.24, 2.45) is 5.92 Å². The standard InChI is InChI=1S/C66H58/c1-39(2)26-40-27-47(41-22-24-60-56(37-41)54-14-10-12-16-58(54)65(60,6)7)33-48(28-40)49-29-43-18-20-45-31-50(32-46-21-19-44(30-49)62(43)63(45)46)52-34-51(35-53(36-52)64(3,4)5)42-23-25-61-57(38-42)55-15-11-13-17-59(55)66(61,8)9/h10-25,27-39H,26H2,1-9H3. The van der Waals surface area contributed by atoms with Crippen molar-refractivity contribution in [3.63, 3.8) is 0 Å². The molecule has 0 N–H and O–H groups in total. The van der Waals surface area contributed by atoms with E-state index in [0.29, 0.717) is 5.92 Å². The molecule has 0 amide bonds. The Morgan fingerprint density at radius 3 is 1.15 bits per heavy atom. The Hall–Kier alpha value is -6.76. The zero-order valence-electron chi connectivity index (χ0n) is 40.0. The molecule has 0 bridgehead atoms. The van der Waals surface area contributed by atoms with Gasteiger partial charge in [-0.05, 0) is 199 Å². The summed E-state index contributed by atoms with van der Waals surface area (Å²) in [5.74, 6) is 0.559. The molecule has 0 radical (unpaired) electrons. The van der Waals surface area contributed by atoms with Gasteiger partial charge in [-0.3, -0.25) is 0 Å². The van der Waals surface area contributed by atoms with Crippen LogP contribution in [0.5, 0.6) is 0 Å². The van der Waals surface area contributed by atoms with Crippen molar-refractivity contribution in [3.05, 3.63) is 203 Å². The van der Waals surface area contributed by atoms with Crippen molar-refractivity contribution in [2.75, 3.05) is 0 Å². The van der Waals surface area contributed by atoms with Crippen LogP contribution in [0.1, 0.15) is 95.7 Å². The van der Waals surface area contributed by atoms with E-state index in [-0.39, 0.29) is 16.2 Å². The van der Waals surface area contributed by atoms with E-state index in [1.165, 1.54) is 132 Å². The van der Waals surface area contributed by atoms with E-state index in [0.717, 1.165) is 6.42 Å². The molecule has 0 heteroatoms. The summed E-state index contributed by atoms with van der Waals surface area (Å²) in [6, 6.07) is 66.0. The second-order valence-electron chi connectivity index (χ2n) is 22.2. The van der Waals surface area contributed by atoms with E-state index in [1.807, 2.05) is 0 Å². The van der Waals surface area contributed by atoms with Gasteiger partial charge in [-0.25, -0.2) is 0 Å². The van der Waals surface area contributed by atoms with Crippen molar-refractivity contribution in [1.82, 2.24) is 0 Å². The van der Waals surface area contributed by atoms with Crippen LogP contribution in [0.3, 0.4) is 0 Å². The zero-order valence-corrected chi connectivity index (χ0v) is 40.0. The topological polar surface area (TPSA) is 0 Å². The minimum atomic E-state index is -0.0104. The van der Waals surface area contributed by atoms with Gasteiger partial charge < -0.3 is 0 Å². The predicted octanol–water partition coefficient (Wildman–Crippen LogP) is 18.4. The zero-order chi connectivity index (χ0) is 45.4. The summed E-state index contributed by atoms with van der Waals surface area (Å²) in [7, 11) is 0. The van der Waals surface area contributed by atoms with Crippen molar-refractivity contribution in [1.29, 1.82) is 0 Å². The maximum absolute atomic E-state index is 2.45. The monoisotopic (exact) mass is 850 g/mol. The number of fused-ring (bicyclic) bond motifs is 6. The van der Waals surface area contributed by atoms with Gasteiger partial charge in [-0.1, -0.05) is 184 Å². The summed E-state index contributed by atoms with van der Waals surface area (Å²) in [6.45, 7) is 21.1. The molecular weight excluding hydrogens is 793 g/mol. The van der Waals surface area contributed by atoms with Gasteiger partial charge in [0.2, 0.25) is 0 Å². The number of hydrogen-bond acceptors (Lipinski definition) is 0. The minimum Gasteiger partial charge on any atom is -0.0625 e. The molecule has 0 aromatic heterocycles. The van der Waals surface area contributed by atoms with Gasteiger partial charge in [-0.15, -0.1) is 0 Å². The average Bonchev–Trinajstić information content (AvgIpc) is 3.68. The third-order valence-electron chi connectivity index (χ3n) is 15.5. The SMILES string of the molecule is CC(C)Cc1cc(-c2ccc3c(c2)-c2ccccc2C3(C)C)cc(-c2cc3ccc4cc(-c5cc(-c6ccc7c(c6)-c6ccccc6C7(C)C)cc(C(C)(C)C)c5)cc5ccc(c2)c3c45)c1. The van der Waals surface area contributed by atoms with Crippen LogP contribution in [0, 0.1) is 5.92 Å². The first-order valence-corrected chi connectivity index (χ1v) is 24.1. The molecule has 0 unspecified atom stereocenters. The summed E-state index contributed by atoms with van der Waals surface area (Å²) in [5.41, 5.74) is 24.0. The van der Waals surface area contributed by atoms with Crippen LogP contribution in [-0.4, -0.2) is 0 Å². The fourth-order valence-corrected chi connectivity index (χ4v) is 12.0. The molecule has 10 aromatic carbocycles. The molecule has 0 saturated carbocycles. The number of benzene rings is 10. The third kappa shape index (κ3) is 6.32. The third-order valence-corrected chi connectivity index (χ3v) is 15.5. The number of hydrogen-bond donors (Lipinski definition) is 0. The first-order chi connectivity index (χ1) is 31.6. The molecule has 2 aliphatic rings. The van der Waals surface area contributed by atoms with Crippen molar-refractivity contribution in [2.45, 2.75) is 85.0 Å². The van der Waals surface area contributed by atoms with E-state index >= 15 is 0 Å². The van der Waals surface area contributed by atoms with Gasteiger partial charge >= 0.3 is 0 Å². The lowest BCUT2D eigenvalue weighted by Crippen LogP contribution is -2.14. The molecule has 10 aromatic rings. The molecule has 0 saturated heterocycles. The largest absolute Gasteiger partial charge is 0.0625 e. The Labute approximate surface area is 391 Å². The first-order valence-electron chi connectivity index (χ1n) is 24.1. The smallest absolute Gasteiger partial charge is 0.0158 e. The second-order valence-corrected chi connectivity index (χ2v) is 22.2. The lowest BCUT2D eigenvalue weighted by molar-refractivity contribution is 0.590. The van der Waals surface area contributed by atoms with Gasteiger partial charge in [0.1, 0.15) is 0 Å². The molecule has 0 heterocycles. The summed E-state index contributed by atoms with van der Waals surface area (Å²) in [4.78, 5) is 0. The van der Waals surface area contributed by atoms with E-state index in [1.54, 1.807) is 0 Å². The van der Waals surface area contributed by atoms with Crippen molar-refractivity contribution < 1.29 is 0 Å². The first kappa shape index (κ1) is 40.7. The summed E-state index contributed by atoms with van der Waals surface area (Å²) < 4.78 is 0. The van der Waals surface area contributed by atoms with E-state index < -0.39 is 0 Å². The molecular formula is C66H58. The fourth-order valence-electron chi connectivity index (χ4n) is 12.0. The normalized spacial score (nSPS) is 14.6. The highest BCUT2D eigenvalue weighted by Crippen LogP contribution is 2.52. The van der Waals surface area contributed by atoms with Gasteiger partial charge in [0.25, 0.3) is 0 Å². The van der Waals surface area contributed by atoms with Crippen LogP contribution in [0.2, 0.25) is 0 Å². The summed E-state index contributed by atoms with van der Waals surface area (Å²) in [6.07, 6.45) is 1.04. The van der Waals surface area contributed by atoms with Crippen LogP contribution in [-0.2, 0) is 22.7 Å². The van der Waals surface area contributed by atoms with Gasteiger partial charge in [-0.2, -0.15) is 0 Å². The Balaban J connectivity index is 0.951. The molecule has 0 spiro atoms. The van der Waals surface area contributed by atoms with E-state index in [4.69, 9.17) is 0 Å². The molecule has 0 nitrogen and oxygen atoms in total. The van der Waals surface area contributed by atoms with Crippen LogP contribution in [0.15, 0.2) is 170 Å². The quantitative estimate of drug-likeness (QED) is 0.146. The fraction of sp³-hybridized carbons (Fsp3) is 0.212.